The van der Waals surface area contributed by atoms with Crippen LogP contribution in [0.3, 0.4) is 0 Å². The van der Waals surface area contributed by atoms with Crippen molar-refractivity contribution in [2.24, 2.45) is 5.73 Å². The van der Waals surface area contributed by atoms with Gasteiger partial charge < -0.3 is 15.5 Å². The number of nitrogens with one attached hydrogen (secondary N) is 1. The predicted molar refractivity (Wildman–Crippen MR) is 86.3 cm³/mol. The van der Waals surface area contributed by atoms with Crippen LogP contribution in [0.1, 0.15) is 45.9 Å². The summed E-state index contributed by atoms with van der Waals surface area (Å²) in [7, 11) is 0. The van der Waals surface area contributed by atoms with Crippen molar-refractivity contribution < 1.29 is 4.74 Å². The lowest BCUT2D eigenvalue weighted by Crippen LogP contribution is -2.34. The van der Waals surface area contributed by atoms with Crippen LogP contribution in [0.25, 0.3) is 11.3 Å². The van der Waals surface area contributed by atoms with Gasteiger partial charge in [0.1, 0.15) is 11.6 Å². The highest BCUT2D eigenvalue weighted by molar-refractivity contribution is 5.59. The molecular formula is C17H25N3O. The molecule has 4 heteroatoms. The average molecular weight is 287 g/mol. The molecule has 0 fully saturated rings. The Hall–Kier alpha value is -1.81. The van der Waals surface area contributed by atoms with Crippen LogP contribution in [-0.2, 0) is 5.54 Å². The Balaban J connectivity index is 2.14. The Bertz CT molecular complexity index is 558. The molecule has 0 aliphatic rings. The molecule has 1 atom stereocenters. The number of aromatic amines is 1. The molecule has 4 nitrogen and oxygen atoms in total. The lowest BCUT2D eigenvalue weighted by Gasteiger charge is -2.21. The van der Waals surface area contributed by atoms with E-state index in [0.29, 0.717) is 0 Å². The largest absolute Gasteiger partial charge is 0.494 e. The first-order chi connectivity index (χ1) is 10.1. The summed E-state index contributed by atoms with van der Waals surface area (Å²) in [5, 5.41) is 0. The van der Waals surface area contributed by atoms with E-state index in [1.165, 1.54) is 0 Å². The van der Waals surface area contributed by atoms with E-state index >= 15 is 0 Å². The van der Waals surface area contributed by atoms with E-state index in [1.807, 2.05) is 37.4 Å². The summed E-state index contributed by atoms with van der Waals surface area (Å²) >= 11 is 0. The van der Waals surface area contributed by atoms with Gasteiger partial charge in [-0.15, -0.1) is 0 Å². The van der Waals surface area contributed by atoms with Gasteiger partial charge in [0.15, 0.2) is 0 Å². The van der Waals surface area contributed by atoms with Gasteiger partial charge in [0, 0.05) is 0 Å². The van der Waals surface area contributed by atoms with E-state index in [9.17, 15) is 0 Å². The number of benzene rings is 1. The molecule has 2 aromatic rings. The predicted octanol–water partition coefficient (Wildman–Crippen LogP) is 3.84. The van der Waals surface area contributed by atoms with E-state index in [4.69, 9.17) is 10.5 Å². The first-order valence-electron chi connectivity index (χ1n) is 7.64. The molecule has 1 heterocycles. The molecule has 1 aromatic carbocycles. The number of nitrogens with zero attached hydrogens (tertiary/aromatic N) is 1. The zero-order chi connectivity index (χ0) is 15.3. The third-order valence-electron chi connectivity index (χ3n) is 3.52. The van der Waals surface area contributed by atoms with Gasteiger partial charge >= 0.3 is 0 Å². The SMILES string of the molecule is CCCOc1ccc(-c2cnc(C(C)(N)CCC)[nH]2)cc1. The molecule has 3 N–H and O–H groups in total. The van der Waals surface area contributed by atoms with Gasteiger partial charge in [0.25, 0.3) is 0 Å². The summed E-state index contributed by atoms with van der Waals surface area (Å²) in [6.45, 7) is 6.99. The molecule has 21 heavy (non-hydrogen) atoms. The van der Waals surface area contributed by atoms with E-state index in [2.05, 4.69) is 23.8 Å². The summed E-state index contributed by atoms with van der Waals surface area (Å²) in [5.74, 6) is 1.74. The van der Waals surface area contributed by atoms with Crippen molar-refractivity contribution in [2.45, 2.75) is 45.6 Å². The third-order valence-corrected chi connectivity index (χ3v) is 3.52. The Kier molecular flexibility index (Phi) is 5.02. The fourth-order valence-electron chi connectivity index (χ4n) is 2.35. The summed E-state index contributed by atoms with van der Waals surface area (Å²) < 4.78 is 5.59. The highest BCUT2D eigenvalue weighted by Crippen LogP contribution is 2.25. The summed E-state index contributed by atoms with van der Waals surface area (Å²) in [4.78, 5) is 7.78. The molecule has 0 radical (unpaired) electrons. The van der Waals surface area contributed by atoms with Crippen LogP contribution in [-0.4, -0.2) is 16.6 Å². The molecule has 0 saturated heterocycles. The highest BCUT2D eigenvalue weighted by atomic mass is 16.5. The number of nitrogens with two attached hydrogens (primary N) is 1. The summed E-state index contributed by atoms with van der Waals surface area (Å²) in [5.41, 5.74) is 7.97. The minimum Gasteiger partial charge on any atom is -0.494 e. The van der Waals surface area contributed by atoms with E-state index in [-0.39, 0.29) is 0 Å². The number of rotatable bonds is 7. The van der Waals surface area contributed by atoms with Crippen LogP contribution >= 0.6 is 0 Å². The molecule has 2 rings (SSSR count). The molecule has 0 bridgehead atoms. The van der Waals surface area contributed by atoms with Crippen molar-refractivity contribution in [1.82, 2.24) is 9.97 Å². The minimum absolute atomic E-state index is 0.406. The molecule has 0 amide bonds. The fourth-order valence-corrected chi connectivity index (χ4v) is 2.35. The molecule has 0 aliphatic carbocycles. The number of hydrogen-bond acceptors (Lipinski definition) is 3. The molecule has 0 saturated carbocycles. The maximum Gasteiger partial charge on any atom is 0.126 e. The standard InChI is InChI=1S/C17H25N3O/c1-4-10-17(3,18)16-19-12-15(20-16)13-6-8-14(9-7-13)21-11-5-2/h6-9,12H,4-5,10-11,18H2,1-3H3,(H,19,20). The number of hydrogen-bond donors (Lipinski definition) is 2. The summed E-state index contributed by atoms with van der Waals surface area (Å²) in [6.07, 6.45) is 4.80. The van der Waals surface area contributed by atoms with Crippen molar-refractivity contribution in [3.05, 3.63) is 36.3 Å². The molecule has 0 aliphatic heterocycles. The van der Waals surface area contributed by atoms with Crippen molar-refractivity contribution in [3.8, 4) is 17.0 Å². The van der Waals surface area contributed by atoms with Crippen LogP contribution in [0.4, 0.5) is 0 Å². The van der Waals surface area contributed by atoms with Gasteiger partial charge in [0.2, 0.25) is 0 Å². The normalized spacial score (nSPS) is 13.9. The van der Waals surface area contributed by atoms with E-state index in [1.54, 1.807) is 0 Å². The second kappa shape index (κ2) is 6.76. The highest BCUT2D eigenvalue weighted by Gasteiger charge is 2.23. The maximum absolute atomic E-state index is 6.31. The number of H-pyrrole nitrogens is 1. The average Bonchev–Trinajstić information content (AvgIpc) is 2.96. The number of aromatic nitrogens is 2. The molecular weight excluding hydrogens is 262 g/mol. The van der Waals surface area contributed by atoms with Crippen LogP contribution in [0.15, 0.2) is 30.5 Å². The van der Waals surface area contributed by atoms with Gasteiger partial charge in [-0.3, -0.25) is 0 Å². The van der Waals surface area contributed by atoms with Crippen molar-refractivity contribution >= 4 is 0 Å². The maximum atomic E-state index is 6.31. The van der Waals surface area contributed by atoms with Gasteiger partial charge in [0.05, 0.1) is 24.0 Å². The van der Waals surface area contributed by atoms with Crippen LogP contribution < -0.4 is 10.5 Å². The van der Waals surface area contributed by atoms with Gasteiger partial charge in [-0.05, 0) is 49.6 Å². The third kappa shape index (κ3) is 3.85. The zero-order valence-corrected chi connectivity index (χ0v) is 13.1. The van der Waals surface area contributed by atoms with Crippen LogP contribution in [0, 0.1) is 0 Å². The van der Waals surface area contributed by atoms with E-state index < -0.39 is 5.54 Å². The second-order valence-electron chi connectivity index (χ2n) is 5.69. The smallest absolute Gasteiger partial charge is 0.126 e. The number of imidazole rings is 1. The first kappa shape index (κ1) is 15.6. The van der Waals surface area contributed by atoms with Crippen molar-refractivity contribution in [3.63, 3.8) is 0 Å². The molecule has 0 spiro atoms. The Morgan fingerprint density at radius 3 is 2.52 bits per heavy atom. The topological polar surface area (TPSA) is 63.9 Å². The van der Waals surface area contributed by atoms with E-state index in [0.717, 1.165) is 48.7 Å². The Morgan fingerprint density at radius 1 is 1.19 bits per heavy atom. The first-order valence-corrected chi connectivity index (χ1v) is 7.64. The second-order valence-corrected chi connectivity index (χ2v) is 5.69. The quantitative estimate of drug-likeness (QED) is 0.813. The Morgan fingerprint density at radius 2 is 1.90 bits per heavy atom. The van der Waals surface area contributed by atoms with Gasteiger partial charge in [-0.25, -0.2) is 4.98 Å². The number of ether oxygens (including phenoxy) is 1. The van der Waals surface area contributed by atoms with Crippen LogP contribution in [0.5, 0.6) is 5.75 Å². The zero-order valence-electron chi connectivity index (χ0n) is 13.1. The fraction of sp³-hybridized carbons (Fsp3) is 0.471. The lowest BCUT2D eigenvalue weighted by atomic mass is 9.97. The monoisotopic (exact) mass is 287 g/mol. The van der Waals surface area contributed by atoms with Crippen LogP contribution in [0.2, 0.25) is 0 Å². The van der Waals surface area contributed by atoms with Gasteiger partial charge in [-0.2, -0.15) is 0 Å². The molecule has 1 unspecified atom stereocenters. The lowest BCUT2D eigenvalue weighted by molar-refractivity contribution is 0.317. The minimum atomic E-state index is -0.406. The van der Waals surface area contributed by atoms with Crippen molar-refractivity contribution in [1.29, 1.82) is 0 Å². The summed E-state index contributed by atoms with van der Waals surface area (Å²) in [6, 6.07) is 8.05. The molecule has 114 valence electrons. The Labute approximate surface area is 126 Å². The van der Waals surface area contributed by atoms with Gasteiger partial charge in [-0.1, -0.05) is 20.3 Å². The van der Waals surface area contributed by atoms with Crippen molar-refractivity contribution in [2.75, 3.05) is 6.61 Å². The molecule has 1 aromatic heterocycles.